The van der Waals surface area contributed by atoms with Gasteiger partial charge in [-0.15, -0.1) is 0 Å². The van der Waals surface area contributed by atoms with Crippen LogP contribution in [0.2, 0.25) is 0 Å². The van der Waals surface area contributed by atoms with Gasteiger partial charge in [-0.05, 0) is 0 Å². The number of ether oxygens (including phenoxy) is 2. The summed E-state index contributed by atoms with van der Waals surface area (Å²) in [7, 11) is 0. The van der Waals surface area contributed by atoms with Gasteiger partial charge in [-0.25, -0.2) is 0 Å². The van der Waals surface area contributed by atoms with Crippen LogP contribution >= 0.6 is 0 Å². The SMILES string of the molecule is C=CCOCC(CC)(COCC=C)C[O][Zr](=[O])([O]c1cccc(N)c1)([c]1cccc(N)c1)[c]1cccc(N)c1. The summed E-state index contributed by atoms with van der Waals surface area (Å²) in [5.41, 5.74) is 19.1. The number of hydrogen-bond donors (Lipinski definition) is 3. The third-order valence-corrected chi connectivity index (χ3v) is 16.2. The van der Waals surface area contributed by atoms with Gasteiger partial charge in [0.1, 0.15) is 0 Å². The zero-order chi connectivity index (χ0) is 28.4. The zero-order valence-corrected chi connectivity index (χ0v) is 25.0. The van der Waals surface area contributed by atoms with Gasteiger partial charge in [0, 0.05) is 0 Å². The van der Waals surface area contributed by atoms with Crippen molar-refractivity contribution in [3.63, 3.8) is 0 Å². The molecule has 3 aromatic carbocycles. The molecule has 0 aliphatic heterocycles. The molecule has 0 amide bonds. The summed E-state index contributed by atoms with van der Waals surface area (Å²) in [6.45, 7) is 10.7. The van der Waals surface area contributed by atoms with Gasteiger partial charge in [0.25, 0.3) is 0 Å². The second kappa shape index (κ2) is 13.3. The van der Waals surface area contributed by atoms with E-state index in [1.807, 2.05) is 6.92 Å². The van der Waals surface area contributed by atoms with Crippen LogP contribution in [0.3, 0.4) is 0 Å². The first-order valence-electron chi connectivity index (χ1n) is 12.8. The standard InChI is InChI=1S/C12H21O3.C6H7NO.2C6H6N.O.Zr/c1-4-7-14-10-12(6-3,9-13)11-15-8-5-2;7-5-2-1-3-6(8)4-5;2*7-6-4-2-1-3-5-6;;/h4-5H,1-2,6-11H2,3H3;1-4,8H,7H2;2*1-2,4-5H,7H2;;/q-1;;;;;+2/p-1. The molecule has 0 bridgehead atoms. The van der Waals surface area contributed by atoms with Crippen molar-refractivity contribution in [2.45, 2.75) is 13.3 Å². The van der Waals surface area contributed by atoms with Crippen LogP contribution in [0.15, 0.2) is 98.1 Å². The van der Waals surface area contributed by atoms with Crippen LogP contribution in [0.4, 0.5) is 17.1 Å². The van der Waals surface area contributed by atoms with Crippen molar-refractivity contribution in [2.75, 3.05) is 50.2 Å². The van der Waals surface area contributed by atoms with E-state index in [2.05, 4.69) is 13.2 Å². The van der Waals surface area contributed by atoms with Crippen molar-refractivity contribution < 1.29 is 37.6 Å². The molecule has 9 heteroatoms. The van der Waals surface area contributed by atoms with Crippen LogP contribution in [0.1, 0.15) is 13.3 Å². The summed E-state index contributed by atoms with van der Waals surface area (Å²) in [6, 6.07) is 20.3. The average molecular weight is 613 g/mol. The molecular formula is C30H39N3O5Zr. The van der Waals surface area contributed by atoms with Crippen molar-refractivity contribution in [3.8, 4) is 5.75 Å². The molecule has 0 spiro atoms. The molecule has 0 atom stereocenters. The Morgan fingerprint density at radius 1 is 0.769 bits per heavy atom. The summed E-state index contributed by atoms with van der Waals surface area (Å²) >= 11 is -6.49. The zero-order valence-electron chi connectivity index (χ0n) is 22.5. The Morgan fingerprint density at radius 2 is 1.26 bits per heavy atom. The summed E-state index contributed by atoms with van der Waals surface area (Å²) in [5.74, 6) is 0.299. The molecule has 0 radical (unpaired) electrons. The molecule has 0 aromatic heterocycles. The molecule has 0 unspecified atom stereocenters. The number of nitrogen functional groups attached to an aromatic ring is 3. The van der Waals surface area contributed by atoms with Crippen molar-refractivity contribution >= 4 is 23.6 Å². The van der Waals surface area contributed by atoms with Gasteiger partial charge in [-0.1, -0.05) is 0 Å². The molecule has 6 N–H and O–H groups in total. The number of rotatable bonds is 16. The third-order valence-electron chi connectivity index (χ3n) is 6.61. The van der Waals surface area contributed by atoms with Crippen LogP contribution in [-0.4, -0.2) is 33.0 Å². The summed E-state index contributed by atoms with van der Waals surface area (Å²) in [4.78, 5) is 0. The number of nitrogens with two attached hydrogens (primary N) is 3. The van der Waals surface area contributed by atoms with Crippen LogP contribution in [-0.2, 0) is 34.8 Å². The van der Waals surface area contributed by atoms with E-state index >= 15 is 2.81 Å². The van der Waals surface area contributed by atoms with E-state index in [-0.39, 0.29) is 19.8 Å². The van der Waals surface area contributed by atoms with E-state index in [0.717, 1.165) is 0 Å². The molecule has 39 heavy (non-hydrogen) atoms. The first-order valence-corrected chi connectivity index (χ1v) is 18.3. The van der Waals surface area contributed by atoms with Gasteiger partial charge < -0.3 is 0 Å². The minimum atomic E-state index is -6.49. The predicted octanol–water partition coefficient (Wildman–Crippen LogP) is 4.15. The van der Waals surface area contributed by atoms with Crippen LogP contribution in [0, 0.1) is 5.41 Å². The first-order chi connectivity index (χ1) is 18.7. The fourth-order valence-electron chi connectivity index (χ4n) is 4.32. The molecule has 8 nitrogen and oxygen atoms in total. The molecule has 0 saturated heterocycles. The Hall–Kier alpha value is -3.10. The van der Waals surface area contributed by atoms with Crippen molar-refractivity contribution in [1.82, 2.24) is 0 Å². The fraction of sp³-hybridized carbons (Fsp3) is 0.267. The first kappa shape index (κ1) is 30.4. The Bertz CT molecular complexity index is 1280. The topological polar surface area (TPSA) is 132 Å². The summed E-state index contributed by atoms with van der Waals surface area (Å²) in [5, 5.41) is 0. The van der Waals surface area contributed by atoms with Crippen molar-refractivity contribution in [2.24, 2.45) is 5.41 Å². The maximum absolute atomic E-state index is 16.0. The van der Waals surface area contributed by atoms with Gasteiger partial charge in [-0.3, -0.25) is 0 Å². The van der Waals surface area contributed by atoms with E-state index in [1.165, 1.54) is 0 Å². The second-order valence-electron chi connectivity index (χ2n) is 9.66. The Balaban J connectivity index is 2.23. The molecule has 0 fully saturated rings. The van der Waals surface area contributed by atoms with E-state index in [4.69, 9.17) is 32.3 Å². The molecule has 0 heterocycles. The van der Waals surface area contributed by atoms with E-state index < -0.39 is 25.1 Å². The number of anilines is 3. The quantitative estimate of drug-likeness (QED) is 0.125. The second-order valence-corrected chi connectivity index (χ2v) is 18.6. The van der Waals surface area contributed by atoms with Crippen LogP contribution in [0.25, 0.3) is 0 Å². The Morgan fingerprint density at radius 3 is 1.69 bits per heavy atom. The van der Waals surface area contributed by atoms with Gasteiger partial charge >= 0.3 is 234 Å². The fourth-order valence-corrected chi connectivity index (χ4v) is 13.4. The molecule has 0 saturated carbocycles. The van der Waals surface area contributed by atoms with E-state index in [1.54, 1.807) is 84.9 Å². The Kier molecular flexibility index (Phi) is 10.4. The molecule has 3 aromatic rings. The normalized spacial score (nSPS) is 12.2. The minimum absolute atomic E-state index is 0.00152. The van der Waals surface area contributed by atoms with Gasteiger partial charge in [-0.2, -0.15) is 0 Å². The molecule has 0 aliphatic carbocycles. The number of benzene rings is 3. The summed E-state index contributed by atoms with van der Waals surface area (Å²) < 4.78 is 41.7. The summed E-state index contributed by atoms with van der Waals surface area (Å²) in [6.07, 6.45) is 3.96. The monoisotopic (exact) mass is 611 g/mol. The number of hydrogen-bond acceptors (Lipinski definition) is 8. The molecule has 0 aliphatic rings. The maximum atomic E-state index is 16.0. The van der Waals surface area contributed by atoms with Gasteiger partial charge in [0.15, 0.2) is 0 Å². The predicted molar refractivity (Wildman–Crippen MR) is 154 cm³/mol. The van der Waals surface area contributed by atoms with E-state index in [9.17, 15) is 0 Å². The van der Waals surface area contributed by atoms with E-state index in [0.29, 0.717) is 49.0 Å². The molecule has 208 valence electrons. The van der Waals surface area contributed by atoms with Gasteiger partial charge in [0.05, 0.1) is 0 Å². The van der Waals surface area contributed by atoms with Crippen LogP contribution in [0.5, 0.6) is 5.75 Å². The van der Waals surface area contributed by atoms with Gasteiger partial charge in [0.2, 0.25) is 0 Å². The average Bonchev–Trinajstić information content (AvgIpc) is 2.92. The Labute approximate surface area is 233 Å². The van der Waals surface area contributed by atoms with Crippen molar-refractivity contribution in [3.05, 3.63) is 98.1 Å². The molecule has 3 rings (SSSR count). The van der Waals surface area contributed by atoms with Crippen LogP contribution < -0.4 is 26.6 Å². The third kappa shape index (κ3) is 7.31. The molecular weight excluding hydrogens is 574 g/mol. The van der Waals surface area contributed by atoms with Crippen molar-refractivity contribution in [1.29, 1.82) is 0 Å².